The van der Waals surface area contributed by atoms with E-state index < -0.39 is 6.03 Å². The van der Waals surface area contributed by atoms with Crippen LogP contribution in [0.15, 0.2) is 34.7 Å². The van der Waals surface area contributed by atoms with Crippen LogP contribution in [0.3, 0.4) is 0 Å². The second-order valence-electron chi connectivity index (χ2n) is 3.51. The largest absolute Gasteiger partial charge is 0.351 e. The first-order chi connectivity index (χ1) is 8.08. The van der Waals surface area contributed by atoms with Gasteiger partial charge < -0.3 is 5.73 Å². The van der Waals surface area contributed by atoms with Crippen molar-refractivity contribution in [2.45, 2.75) is 0 Å². The average molecular weight is 252 g/mol. The monoisotopic (exact) mass is 252 g/mol. The summed E-state index contributed by atoms with van der Waals surface area (Å²) in [7, 11) is 1.61. The zero-order valence-electron chi connectivity index (χ0n) is 9.19. The van der Waals surface area contributed by atoms with Crippen LogP contribution < -0.4 is 15.6 Å². The molecule has 1 aromatic rings. The molecule has 0 saturated heterocycles. The van der Waals surface area contributed by atoms with Crippen LogP contribution in [0.25, 0.3) is 0 Å². The highest BCUT2D eigenvalue weighted by Crippen LogP contribution is 2.25. The predicted octanol–water partition coefficient (Wildman–Crippen LogP) is 1.41. The summed E-state index contributed by atoms with van der Waals surface area (Å²) in [5.41, 5.74) is 6.72. The van der Waals surface area contributed by atoms with Crippen LogP contribution in [-0.4, -0.2) is 24.2 Å². The zero-order valence-corrected chi connectivity index (χ0v) is 10.1. The van der Waals surface area contributed by atoms with Crippen molar-refractivity contribution in [3.8, 4) is 0 Å². The van der Waals surface area contributed by atoms with Gasteiger partial charge in [-0.05, 0) is 41.5 Å². The van der Waals surface area contributed by atoms with Crippen molar-refractivity contribution in [3.63, 3.8) is 0 Å². The number of anilines is 2. The minimum absolute atomic E-state index is 0.451. The maximum absolute atomic E-state index is 11.1. The van der Waals surface area contributed by atoms with Crippen molar-refractivity contribution in [1.29, 1.82) is 0 Å². The number of hydrogen-bond donors (Lipinski definition) is 2. The van der Waals surface area contributed by atoms with Crippen molar-refractivity contribution in [1.82, 2.24) is 4.41 Å². The average Bonchev–Trinajstić information content (AvgIpc) is 2.75. The van der Waals surface area contributed by atoms with Crippen molar-refractivity contribution in [2.24, 2.45) is 16.2 Å². The van der Waals surface area contributed by atoms with Gasteiger partial charge in [-0.15, -0.1) is 0 Å². The van der Waals surface area contributed by atoms with Gasteiger partial charge in [0.05, 0.1) is 5.69 Å². The van der Waals surface area contributed by atoms with Crippen LogP contribution in [0.5, 0.6) is 0 Å². The maximum atomic E-state index is 11.1. The SMILES string of the molecule is CN(C(N)=O)c1cccc(N2CN(S)N=N2)c1. The minimum Gasteiger partial charge on any atom is -0.351 e. The standard InChI is InChI=1S/C9H12N6OS/c1-13(9(10)16)7-3-2-4-8(5-7)14-6-15(17)12-11-14/h2-5,17H,6H2,1H3,(H2,10,16). The summed E-state index contributed by atoms with van der Waals surface area (Å²) in [5, 5.41) is 9.31. The normalized spacial score (nSPS) is 14.2. The van der Waals surface area contributed by atoms with Crippen LogP contribution in [0.4, 0.5) is 16.2 Å². The molecule has 0 radical (unpaired) electrons. The molecule has 0 aromatic heterocycles. The first-order valence-corrected chi connectivity index (χ1v) is 5.26. The summed E-state index contributed by atoms with van der Waals surface area (Å²) in [6, 6.07) is 6.77. The van der Waals surface area contributed by atoms with E-state index in [0.29, 0.717) is 12.4 Å². The molecule has 17 heavy (non-hydrogen) atoms. The van der Waals surface area contributed by atoms with Crippen LogP contribution in [0, 0.1) is 0 Å². The van der Waals surface area contributed by atoms with E-state index in [0.717, 1.165) is 5.69 Å². The van der Waals surface area contributed by atoms with Gasteiger partial charge >= 0.3 is 6.03 Å². The summed E-state index contributed by atoms with van der Waals surface area (Å²) in [6.07, 6.45) is 0. The van der Waals surface area contributed by atoms with Crippen LogP contribution in [0.1, 0.15) is 0 Å². The highest BCUT2D eigenvalue weighted by molar-refractivity contribution is 7.77. The van der Waals surface area contributed by atoms with E-state index in [1.54, 1.807) is 24.2 Å². The molecule has 1 aromatic carbocycles. The Bertz CT molecular complexity index is 465. The molecule has 2 N–H and O–H groups in total. The molecule has 0 atom stereocenters. The molecule has 1 aliphatic heterocycles. The van der Waals surface area contributed by atoms with Crippen LogP contribution in [0.2, 0.25) is 0 Å². The van der Waals surface area contributed by atoms with E-state index in [9.17, 15) is 4.79 Å². The van der Waals surface area contributed by atoms with E-state index in [1.165, 1.54) is 9.31 Å². The molecule has 8 heteroatoms. The van der Waals surface area contributed by atoms with Gasteiger partial charge in [0, 0.05) is 12.7 Å². The summed E-state index contributed by atoms with van der Waals surface area (Å²) in [4.78, 5) is 12.4. The Labute approximate surface area is 104 Å². The molecule has 7 nitrogen and oxygen atoms in total. The summed E-state index contributed by atoms with van der Waals surface area (Å²) >= 11 is 4.05. The summed E-state index contributed by atoms with van der Waals surface area (Å²) in [6.45, 7) is 0.451. The van der Waals surface area contributed by atoms with E-state index in [2.05, 4.69) is 23.3 Å². The molecule has 0 spiro atoms. The number of carbonyl (C=O) groups is 1. The van der Waals surface area contributed by atoms with Crippen molar-refractivity contribution in [2.75, 3.05) is 23.6 Å². The van der Waals surface area contributed by atoms with Gasteiger partial charge in [-0.1, -0.05) is 6.07 Å². The van der Waals surface area contributed by atoms with Crippen LogP contribution >= 0.6 is 12.8 Å². The molecular formula is C9H12N6OS. The fraction of sp³-hybridized carbons (Fsp3) is 0.222. The van der Waals surface area contributed by atoms with E-state index in [1.807, 2.05) is 12.1 Å². The molecule has 0 aliphatic carbocycles. The lowest BCUT2D eigenvalue weighted by Crippen LogP contribution is -2.31. The second-order valence-corrected chi connectivity index (χ2v) is 3.97. The number of benzene rings is 1. The van der Waals surface area contributed by atoms with Crippen molar-refractivity contribution in [3.05, 3.63) is 24.3 Å². The fourth-order valence-electron chi connectivity index (χ4n) is 1.39. The lowest BCUT2D eigenvalue weighted by Gasteiger charge is -2.18. The Hall–Kier alpha value is -1.96. The minimum atomic E-state index is -0.513. The Morgan fingerprint density at radius 2 is 2.29 bits per heavy atom. The molecule has 1 heterocycles. The fourth-order valence-corrected chi connectivity index (χ4v) is 1.55. The summed E-state index contributed by atoms with van der Waals surface area (Å²) < 4.78 is 1.41. The first kappa shape index (κ1) is 11.5. The Kier molecular flexibility index (Phi) is 3.05. The van der Waals surface area contributed by atoms with Crippen molar-refractivity contribution >= 4 is 30.2 Å². The number of thiol groups is 1. The molecule has 2 amide bonds. The molecule has 0 saturated carbocycles. The van der Waals surface area contributed by atoms with Gasteiger partial charge in [0.2, 0.25) is 0 Å². The number of nitrogens with zero attached hydrogens (tertiary/aromatic N) is 5. The predicted molar refractivity (Wildman–Crippen MR) is 67.5 cm³/mol. The number of hydrogen-bond acceptors (Lipinski definition) is 6. The number of nitrogens with two attached hydrogens (primary N) is 1. The molecule has 1 aliphatic rings. The number of amides is 2. The molecule has 0 unspecified atom stereocenters. The molecule has 90 valence electrons. The Morgan fingerprint density at radius 1 is 1.53 bits per heavy atom. The highest BCUT2D eigenvalue weighted by atomic mass is 32.1. The van der Waals surface area contributed by atoms with Gasteiger partial charge in [-0.3, -0.25) is 4.90 Å². The zero-order chi connectivity index (χ0) is 12.4. The van der Waals surface area contributed by atoms with E-state index >= 15 is 0 Å². The third kappa shape index (κ3) is 2.41. The second kappa shape index (κ2) is 4.50. The van der Waals surface area contributed by atoms with Gasteiger partial charge in [0.15, 0.2) is 0 Å². The van der Waals surface area contributed by atoms with Crippen LogP contribution in [-0.2, 0) is 0 Å². The third-order valence-electron chi connectivity index (χ3n) is 2.36. The number of carbonyl (C=O) groups excluding carboxylic acids is 1. The molecule has 0 bridgehead atoms. The van der Waals surface area contributed by atoms with E-state index in [-0.39, 0.29) is 0 Å². The lowest BCUT2D eigenvalue weighted by molar-refractivity contribution is 0.255. The smallest absolute Gasteiger partial charge is 0.318 e. The topological polar surface area (TPSA) is 77.5 Å². The van der Waals surface area contributed by atoms with Crippen molar-refractivity contribution < 1.29 is 4.79 Å². The lowest BCUT2D eigenvalue weighted by atomic mass is 10.2. The number of urea groups is 1. The highest BCUT2D eigenvalue weighted by Gasteiger charge is 2.16. The Balaban J connectivity index is 2.23. The summed E-state index contributed by atoms with van der Waals surface area (Å²) in [5.74, 6) is 0. The van der Waals surface area contributed by atoms with Gasteiger partial charge in [0.1, 0.15) is 6.67 Å². The third-order valence-corrected chi connectivity index (χ3v) is 2.56. The first-order valence-electron chi connectivity index (χ1n) is 4.86. The number of primary amides is 1. The van der Waals surface area contributed by atoms with Gasteiger partial charge in [-0.2, -0.15) is 0 Å². The quantitative estimate of drug-likeness (QED) is 0.781. The van der Waals surface area contributed by atoms with E-state index in [4.69, 9.17) is 5.73 Å². The molecular weight excluding hydrogens is 240 g/mol. The molecule has 2 rings (SSSR count). The van der Waals surface area contributed by atoms with Gasteiger partial charge in [-0.25, -0.2) is 14.2 Å². The van der Waals surface area contributed by atoms with Gasteiger partial charge in [0.25, 0.3) is 0 Å². The maximum Gasteiger partial charge on any atom is 0.318 e. The Morgan fingerprint density at radius 3 is 2.88 bits per heavy atom. The molecule has 0 fully saturated rings. The number of rotatable bonds is 2.